The molecule has 0 rings (SSSR count). The zero-order valence-electron chi connectivity index (χ0n) is 9.91. The van der Waals surface area contributed by atoms with E-state index in [4.69, 9.17) is 5.11 Å². The van der Waals surface area contributed by atoms with Gasteiger partial charge in [0.2, 0.25) is 0 Å². The predicted molar refractivity (Wildman–Crippen MR) is 29.1 cm³/mol. The summed E-state index contributed by atoms with van der Waals surface area (Å²) in [5.74, 6) is 0. The normalized spacial score (nSPS) is 8.88. The van der Waals surface area contributed by atoms with Crippen LogP contribution in [0.4, 0.5) is 0 Å². The second kappa shape index (κ2) is 21.8. The standard InChI is InChI=1S/C2H6O.4K.H4O7P2/c1-2-3;;;;;1-8(2,3)7-9(4,5)6/h3H,2H2,1H3;;;;;(H2,1,2,3)(H2,4,5,6)/q;4*+1;/p-4. The van der Waals surface area contributed by atoms with Gasteiger partial charge in [-0.25, -0.2) is 0 Å². The first kappa shape index (κ1) is 38.4. The molecule has 0 amide bonds. The van der Waals surface area contributed by atoms with Crippen LogP contribution in [0.3, 0.4) is 0 Å². The Bertz CT molecular complexity index is 180. The van der Waals surface area contributed by atoms with E-state index in [0.29, 0.717) is 0 Å². The number of hydrogen-bond donors (Lipinski definition) is 1. The summed E-state index contributed by atoms with van der Waals surface area (Å²) in [6, 6.07) is 0. The van der Waals surface area contributed by atoms with Crippen LogP contribution in [0.5, 0.6) is 0 Å². The molecule has 8 nitrogen and oxygen atoms in total. The van der Waals surface area contributed by atoms with Gasteiger partial charge in [0.05, 0.1) is 15.6 Å². The molecule has 0 aliphatic heterocycles. The maximum absolute atomic E-state index is 9.32. The fraction of sp³-hybridized carbons (Fsp3) is 1.00. The fourth-order valence-corrected chi connectivity index (χ4v) is 1.10. The molecule has 0 aliphatic carbocycles. The van der Waals surface area contributed by atoms with Gasteiger partial charge in [-0.3, -0.25) is 0 Å². The van der Waals surface area contributed by atoms with E-state index in [2.05, 4.69) is 4.31 Å². The van der Waals surface area contributed by atoms with Crippen molar-refractivity contribution in [1.82, 2.24) is 0 Å². The summed E-state index contributed by atoms with van der Waals surface area (Å²) in [5.41, 5.74) is 0. The number of phosphoric acid groups is 2. The summed E-state index contributed by atoms with van der Waals surface area (Å²) in [4.78, 5) is 37.3. The summed E-state index contributed by atoms with van der Waals surface area (Å²) < 4.78 is 21.2. The van der Waals surface area contributed by atoms with Crippen molar-refractivity contribution in [1.29, 1.82) is 0 Å². The monoisotopic (exact) mass is 376 g/mol. The van der Waals surface area contributed by atoms with Crippen molar-refractivity contribution in [2.45, 2.75) is 6.92 Å². The number of hydrogen-bond acceptors (Lipinski definition) is 8. The van der Waals surface area contributed by atoms with Crippen molar-refractivity contribution in [3.8, 4) is 0 Å². The van der Waals surface area contributed by atoms with E-state index in [1.165, 1.54) is 0 Å². The average molecular weight is 376 g/mol. The molecule has 16 heavy (non-hydrogen) atoms. The van der Waals surface area contributed by atoms with E-state index in [9.17, 15) is 28.7 Å². The van der Waals surface area contributed by atoms with Crippen molar-refractivity contribution < 1.29 is 244 Å². The minimum Gasteiger partial charge on any atom is -0.790 e. The topological polar surface area (TPSA) is 156 Å². The molecule has 14 heteroatoms. The van der Waals surface area contributed by atoms with Gasteiger partial charge >= 0.3 is 206 Å². The summed E-state index contributed by atoms with van der Waals surface area (Å²) >= 11 is 0. The maximum atomic E-state index is 9.32. The van der Waals surface area contributed by atoms with Gasteiger partial charge in [0, 0.05) is 6.61 Å². The number of aliphatic hydroxyl groups is 1. The van der Waals surface area contributed by atoms with E-state index in [1.807, 2.05) is 0 Å². The van der Waals surface area contributed by atoms with Gasteiger partial charge in [0.1, 0.15) is 0 Å². The molecule has 0 atom stereocenters. The zero-order chi connectivity index (χ0) is 10.4. The third kappa shape index (κ3) is 49.8. The first-order valence-electron chi connectivity index (χ1n) is 2.48. The Hall–Kier alpha value is 6.77. The third-order valence-corrected chi connectivity index (χ3v) is 1.80. The molecule has 0 unspecified atom stereocenters. The minimum atomic E-state index is -5.68. The smallest absolute Gasteiger partial charge is 0.790 e. The minimum absolute atomic E-state index is 0. The van der Waals surface area contributed by atoms with Crippen LogP contribution in [0.15, 0.2) is 0 Å². The number of rotatable bonds is 2. The first-order valence-corrected chi connectivity index (χ1v) is 5.41. The molecule has 0 aromatic rings. The largest absolute Gasteiger partial charge is 1.00 e. The maximum Gasteiger partial charge on any atom is 1.00 e. The van der Waals surface area contributed by atoms with E-state index in [0.717, 1.165) is 0 Å². The Balaban J connectivity index is -0.0000000324. The molecule has 0 radical (unpaired) electrons. The van der Waals surface area contributed by atoms with Gasteiger partial charge in [-0.2, -0.15) is 0 Å². The Labute approximate surface area is 264 Å². The number of aliphatic hydroxyl groups excluding tert-OH is 1. The van der Waals surface area contributed by atoms with Crippen LogP contribution in [0.1, 0.15) is 6.92 Å². The summed E-state index contributed by atoms with van der Waals surface area (Å²) in [6.07, 6.45) is 0. The van der Waals surface area contributed by atoms with E-state index < -0.39 is 15.6 Å². The second-order valence-corrected chi connectivity index (χ2v) is 3.73. The molecule has 0 heterocycles. The molecule has 76 valence electrons. The predicted octanol–water partition coefficient (Wildman–Crippen LogP) is -15.3. The van der Waals surface area contributed by atoms with E-state index in [-0.39, 0.29) is 212 Å². The summed E-state index contributed by atoms with van der Waals surface area (Å²) in [7, 11) is -11.4. The van der Waals surface area contributed by atoms with Gasteiger partial charge in [0.25, 0.3) is 0 Å². The van der Waals surface area contributed by atoms with Gasteiger partial charge in [0.15, 0.2) is 0 Å². The average Bonchev–Trinajstić information content (AvgIpc) is 1.53. The Morgan fingerprint density at radius 1 is 0.938 bits per heavy atom. The van der Waals surface area contributed by atoms with Gasteiger partial charge in [-0.15, -0.1) is 0 Å². The quantitative estimate of drug-likeness (QED) is 0.368. The molecule has 0 fully saturated rings. The molecule has 0 aromatic heterocycles. The van der Waals surface area contributed by atoms with Crippen LogP contribution in [-0.4, -0.2) is 11.7 Å². The molecule has 0 saturated carbocycles. The molecule has 0 bridgehead atoms. The van der Waals surface area contributed by atoms with Crippen molar-refractivity contribution >= 4 is 15.6 Å². The van der Waals surface area contributed by atoms with E-state index >= 15 is 0 Å². The fourth-order valence-electron chi connectivity index (χ4n) is 0.122. The van der Waals surface area contributed by atoms with Crippen molar-refractivity contribution in [3.63, 3.8) is 0 Å². The Morgan fingerprint density at radius 3 is 1.06 bits per heavy atom. The van der Waals surface area contributed by atoms with Crippen LogP contribution in [0.25, 0.3) is 0 Å². The van der Waals surface area contributed by atoms with Crippen LogP contribution in [0.2, 0.25) is 0 Å². The Kier molecular flexibility index (Phi) is 52.2. The van der Waals surface area contributed by atoms with Crippen molar-refractivity contribution in [2.75, 3.05) is 6.61 Å². The van der Waals surface area contributed by atoms with Gasteiger partial charge < -0.3 is 38.1 Å². The Morgan fingerprint density at radius 2 is 1.06 bits per heavy atom. The molecule has 0 aromatic carbocycles. The second-order valence-electron chi connectivity index (χ2n) is 1.29. The van der Waals surface area contributed by atoms with Gasteiger partial charge in [-0.1, -0.05) is 0 Å². The van der Waals surface area contributed by atoms with Gasteiger partial charge in [-0.05, 0) is 6.92 Å². The van der Waals surface area contributed by atoms with Crippen molar-refractivity contribution in [2.24, 2.45) is 0 Å². The molecule has 0 aliphatic rings. The van der Waals surface area contributed by atoms with Crippen LogP contribution < -0.4 is 225 Å². The van der Waals surface area contributed by atoms with E-state index in [1.54, 1.807) is 6.92 Å². The SMILES string of the molecule is CCO.O=P([O-])([O-])OP(=O)([O-])[O-].[K+].[K+].[K+].[K+]. The third-order valence-electron chi connectivity index (χ3n) is 0.200. The molecule has 0 saturated heterocycles. The van der Waals surface area contributed by atoms with Crippen molar-refractivity contribution in [3.05, 3.63) is 0 Å². The summed E-state index contributed by atoms with van der Waals surface area (Å²) in [5, 5.41) is 7.57. The summed E-state index contributed by atoms with van der Waals surface area (Å²) in [6.45, 7) is 1.93. The van der Waals surface area contributed by atoms with Crippen LogP contribution >= 0.6 is 15.6 Å². The zero-order valence-corrected chi connectivity index (χ0v) is 24.2. The van der Waals surface area contributed by atoms with Crippen LogP contribution in [-0.2, 0) is 13.4 Å². The molecular weight excluding hydrogens is 370 g/mol. The van der Waals surface area contributed by atoms with Crippen LogP contribution in [0, 0.1) is 0 Å². The molecule has 0 spiro atoms. The first-order chi connectivity index (χ1) is 5.12. The molecular formula is C2H6K4O8P2. The molecule has 1 N–H and O–H groups in total.